The molecule has 3 heteroatoms. The first-order chi connectivity index (χ1) is 8.58. The van der Waals surface area contributed by atoms with E-state index in [-0.39, 0.29) is 0 Å². The molecule has 0 radical (unpaired) electrons. The third kappa shape index (κ3) is 2.98. The Morgan fingerprint density at radius 3 is 2.39 bits per heavy atom. The van der Waals surface area contributed by atoms with Gasteiger partial charge in [0.05, 0.1) is 10.7 Å². The summed E-state index contributed by atoms with van der Waals surface area (Å²) >= 11 is 12.3. The van der Waals surface area contributed by atoms with Gasteiger partial charge in [0.15, 0.2) is 0 Å². The minimum absolute atomic E-state index is 0.713. The Morgan fingerprint density at radius 2 is 1.72 bits per heavy atom. The number of aryl methyl sites for hydroxylation is 2. The summed E-state index contributed by atoms with van der Waals surface area (Å²) in [5.41, 5.74) is 4.36. The monoisotopic (exact) mass is 279 g/mol. The van der Waals surface area contributed by atoms with Gasteiger partial charge in [-0.3, -0.25) is 0 Å². The van der Waals surface area contributed by atoms with Crippen LogP contribution in [0, 0.1) is 13.8 Å². The van der Waals surface area contributed by atoms with Crippen molar-refractivity contribution in [2.45, 2.75) is 20.4 Å². The summed E-state index contributed by atoms with van der Waals surface area (Å²) in [6, 6.07) is 12.0. The average Bonchev–Trinajstić information content (AvgIpc) is 2.33. The number of benzene rings is 2. The van der Waals surface area contributed by atoms with Crippen LogP contribution in [0.4, 0.5) is 5.69 Å². The van der Waals surface area contributed by atoms with Crippen LogP contribution in [0.3, 0.4) is 0 Å². The fourth-order valence-corrected chi connectivity index (χ4v) is 2.28. The number of hydrogen-bond donors (Lipinski definition) is 1. The second-order valence-corrected chi connectivity index (χ2v) is 5.18. The molecule has 0 saturated carbocycles. The van der Waals surface area contributed by atoms with E-state index in [1.807, 2.05) is 44.2 Å². The van der Waals surface area contributed by atoms with E-state index >= 15 is 0 Å². The van der Waals surface area contributed by atoms with Gasteiger partial charge in [-0.2, -0.15) is 0 Å². The Balaban J connectivity index is 2.14. The van der Waals surface area contributed by atoms with Crippen LogP contribution in [0.15, 0.2) is 36.4 Å². The zero-order valence-corrected chi connectivity index (χ0v) is 11.9. The topological polar surface area (TPSA) is 12.0 Å². The molecule has 18 heavy (non-hydrogen) atoms. The molecule has 0 fully saturated rings. The summed E-state index contributed by atoms with van der Waals surface area (Å²) in [7, 11) is 0. The lowest BCUT2D eigenvalue weighted by molar-refractivity contribution is 1.14. The molecule has 0 unspecified atom stereocenters. The van der Waals surface area contributed by atoms with Crippen molar-refractivity contribution in [2.75, 3.05) is 5.32 Å². The molecule has 94 valence electrons. The fraction of sp³-hybridized carbons (Fsp3) is 0.200. The van der Waals surface area contributed by atoms with E-state index in [2.05, 4.69) is 11.4 Å². The maximum absolute atomic E-state index is 6.16. The second kappa shape index (κ2) is 5.64. The molecule has 0 heterocycles. The normalized spacial score (nSPS) is 10.4. The Morgan fingerprint density at radius 1 is 0.944 bits per heavy atom. The van der Waals surface area contributed by atoms with Gasteiger partial charge in [-0.15, -0.1) is 0 Å². The van der Waals surface area contributed by atoms with Gasteiger partial charge in [-0.1, -0.05) is 47.5 Å². The maximum Gasteiger partial charge on any atom is 0.0640 e. The summed E-state index contributed by atoms with van der Waals surface area (Å²) in [6.45, 7) is 4.75. The smallest absolute Gasteiger partial charge is 0.0640 e. The van der Waals surface area contributed by atoms with E-state index < -0.39 is 0 Å². The van der Waals surface area contributed by atoms with E-state index in [4.69, 9.17) is 23.2 Å². The largest absolute Gasteiger partial charge is 0.380 e. The summed E-state index contributed by atoms with van der Waals surface area (Å²) in [5.74, 6) is 0. The van der Waals surface area contributed by atoms with Crippen molar-refractivity contribution in [1.82, 2.24) is 0 Å². The molecule has 0 spiro atoms. The molecule has 0 aromatic heterocycles. The molecule has 1 N–H and O–H groups in total. The molecule has 2 rings (SSSR count). The molecular formula is C15H15Cl2N. The summed E-state index contributed by atoms with van der Waals surface area (Å²) in [4.78, 5) is 0. The van der Waals surface area contributed by atoms with Crippen LogP contribution in [0.1, 0.15) is 16.7 Å². The van der Waals surface area contributed by atoms with Crippen molar-refractivity contribution >= 4 is 28.9 Å². The summed E-state index contributed by atoms with van der Waals surface area (Å²) < 4.78 is 0. The van der Waals surface area contributed by atoms with E-state index in [0.717, 1.165) is 32.4 Å². The van der Waals surface area contributed by atoms with Crippen molar-refractivity contribution < 1.29 is 0 Å². The molecular weight excluding hydrogens is 265 g/mol. The number of hydrogen-bond acceptors (Lipinski definition) is 1. The third-order valence-electron chi connectivity index (χ3n) is 2.93. The number of nitrogens with one attached hydrogen (secondary N) is 1. The molecule has 1 nitrogen and oxygen atoms in total. The van der Waals surface area contributed by atoms with Crippen molar-refractivity contribution in [2.24, 2.45) is 0 Å². The second-order valence-electron chi connectivity index (χ2n) is 4.37. The van der Waals surface area contributed by atoms with Gasteiger partial charge in [0, 0.05) is 11.6 Å². The highest BCUT2D eigenvalue weighted by Gasteiger charge is 2.03. The number of para-hydroxylation sites is 1. The zero-order valence-electron chi connectivity index (χ0n) is 10.4. The summed E-state index contributed by atoms with van der Waals surface area (Å²) in [6.07, 6.45) is 0. The standard InChI is InChI=1S/C15H15Cl2N/c1-10-6-7-12(8-14(10)17)9-18-15-11(2)4-3-5-13(15)16/h3-8,18H,9H2,1-2H3. The first kappa shape index (κ1) is 13.3. The van der Waals surface area contributed by atoms with Crippen molar-refractivity contribution in [1.29, 1.82) is 0 Å². The molecule has 0 atom stereocenters. The lowest BCUT2D eigenvalue weighted by Crippen LogP contribution is -2.01. The molecule has 0 bridgehead atoms. The third-order valence-corrected chi connectivity index (χ3v) is 3.65. The highest BCUT2D eigenvalue weighted by atomic mass is 35.5. The van der Waals surface area contributed by atoms with Crippen LogP contribution in [-0.4, -0.2) is 0 Å². The first-order valence-corrected chi connectivity index (χ1v) is 6.57. The number of anilines is 1. The van der Waals surface area contributed by atoms with Gasteiger partial charge in [0.2, 0.25) is 0 Å². The van der Waals surface area contributed by atoms with Crippen LogP contribution in [0.25, 0.3) is 0 Å². The van der Waals surface area contributed by atoms with E-state index in [1.54, 1.807) is 0 Å². The summed E-state index contributed by atoms with van der Waals surface area (Å²) in [5, 5.41) is 4.89. The maximum atomic E-state index is 6.16. The number of halogens is 2. The van der Waals surface area contributed by atoms with Gasteiger partial charge < -0.3 is 5.32 Å². The Hall–Kier alpha value is -1.18. The molecule has 2 aromatic rings. The lowest BCUT2D eigenvalue weighted by Gasteiger charge is -2.12. The Labute approximate surface area is 118 Å². The predicted molar refractivity (Wildman–Crippen MR) is 79.7 cm³/mol. The molecule has 0 amide bonds. The van der Waals surface area contributed by atoms with E-state index in [9.17, 15) is 0 Å². The lowest BCUT2D eigenvalue weighted by atomic mass is 10.1. The molecule has 0 aliphatic rings. The van der Waals surface area contributed by atoms with Crippen LogP contribution in [0.2, 0.25) is 10.0 Å². The van der Waals surface area contributed by atoms with E-state index in [1.165, 1.54) is 0 Å². The van der Waals surface area contributed by atoms with Gasteiger partial charge in [-0.25, -0.2) is 0 Å². The van der Waals surface area contributed by atoms with Crippen molar-refractivity contribution in [3.8, 4) is 0 Å². The average molecular weight is 280 g/mol. The highest BCUT2D eigenvalue weighted by Crippen LogP contribution is 2.26. The van der Waals surface area contributed by atoms with Crippen molar-refractivity contribution in [3.05, 3.63) is 63.1 Å². The predicted octanol–water partition coefficient (Wildman–Crippen LogP) is 5.22. The van der Waals surface area contributed by atoms with Gasteiger partial charge in [0.1, 0.15) is 0 Å². The van der Waals surface area contributed by atoms with Crippen LogP contribution >= 0.6 is 23.2 Å². The first-order valence-electron chi connectivity index (χ1n) is 5.82. The Kier molecular flexibility index (Phi) is 4.15. The quantitative estimate of drug-likeness (QED) is 0.812. The molecule has 2 aromatic carbocycles. The van der Waals surface area contributed by atoms with E-state index in [0.29, 0.717) is 6.54 Å². The van der Waals surface area contributed by atoms with Gasteiger partial charge in [0.25, 0.3) is 0 Å². The van der Waals surface area contributed by atoms with Crippen molar-refractivity contribution in [3.63, 3.8) is 0 Å². The highest BCUT2D eigenvalue weighted by molar-refractivity contribution is 6.33. The van der Waals surface area contributed by atoms with Crippen LogP contribution < -0.4 is 5.32 Å². The molecule has 0 aliphatic carbocycles. The SMILES string of the molecule is Cc1ccc(CNc2c(C)cccc2Cl)cc1Cl. The molecule has 0 saturated heterocycles. The number of rotatable bonds is 3. The zero-order chi connectivity index (χ0) is 13.1. The molecule has 0 aliphatic heterocycles. The van der Waals surface area contributed by atoms with Gasteiger partial charge in [-0.05, 0) is 42.7 Å². The minimum atomic E-state index is 0.713. The minimum Gasteiger partial charge on any atom is -0.380 e. The van der Waals surface area contributed by atoms with Crippen LogP contribution in [0.5, 0.6) is 0 Å². The van der Waals surface area contributed by atoms with Crippen LogP contribution in [-0.2, 0) is 6.54 Å². The fourth-order valence-electron chi connectivity index (χ4n) is 1.79. The van der Waals surface area contributed by atoms with Gasteiger partial charge >= 0.3 is 0 Å². The Bertz CT molecular complexity index is 544.